The van der Waals surface area contributed by atoms with Gasteiger partial charge in [0, 0.05) is 11.3 Å². The molecule has 1 atom stereocenters. The van der Waals surface area contributed by atoms with E-state index in [-0.39, 0.29) is 11.6 Å². The van der Waals surface area contributed by atoms with Crippen molar-refractivity contribution in [3.05, 3.63) is 45.1 Å². The summed E-state index contributed by atoms with van der Waals surface area (Å²) in [7, 11) is 0. The standard InChI is InChI=1S/C13H14N4OS/c1-7-11(8(2)16-15-7)9(3)17-6-14-12-10(13(17)18)4-5-19-12/h4-6,9H,1-3H3,(H,15,16)/t9-/m1/s1. The highest BCUT2D eigenvalue weighted by Gasteiger charge is 2.18. The molecule has 3 heterocycles. The van der Waals surface area contributed by atoms with E-state index in [2.05, 4.69) is 15.2 Å². The molecule has 0 saturated heterocycles. The molecule has 0 radical (unpaired) electrons. The van der Waals surface area contributed by atoms with Gasteiger partial charge in [-0.3, -0.25) is 14.5 Å². The van der Waals surface area contributed by atoms with Crippen molar-refractivity contribution in [3.8, 4) is 0 Å². The second-order valence-electron chi connectivity index (χ2n) is 4.62. The fraction of sp³-hybridized carbons (Fsp3) is 0.308. The molecule has 6 heteroatoms. The van der Waals surface area contributed by atoms with E-state index < -0.39 is 0 Å². The maximum absolute atomic E-state index is 12.4. The number of aromatic nitrogens is 4. The van der Waals surface area contributed by atoms with Crippen LogP contribution in [-0.4, -0.2) is 19.7 Å². The molecule has 0 amide bonds. The first kappa shape index (κ1) is 12.1. The Labute approximate surface area is 113 Å². The van der Waals surface area contributed by atoms with Crippen LogP contribution in [0.3, 0.4) is 0 Å². The lowest BCUT2D eigenvalue weighted by Gasteiger charge is -2.15. The molecule has 0 fully saturated rings. The summed E-state index contributed by atoms with van der Waals surface area (Å²) in [6.07, 6.45) is 1.62. The summed E-state index contributed by atoms with van der Waals surface area (Å²) in [5, 5.41) is 9.71. The Bertz CT molecular complexity index is 779. The molecule has 0 aromatic carbocycles. The van der Waals surface area contributed by atoms with Crippen LogP contribution in [-0.2, 0) is 0 Å². The number of rotatable bonds is 2. The zero-order chi connectivity index (χ0) is 13.6. The molecule has 98 valence electrons. The monoisotopic (exact) mass is 274 g/mol. The fourth-order valence-electron chi connectivity index (χ4n) is 2.46. The van der Waals surface area contributed by atoms with E-state index in [1.54, 1.807) is 10.9 Å². The highest BCUT2D eigenvalue weighted by Crippen LogP contribution is 2.23. The third kappa shape index (κ3) is 1.79. The zero-order valence-corrected chi connectivity index (χ0v) is 11.8. The van der Waals surface area contributed by atoms with E-state index >= 15 is 0 Å². The number of hydrogen-bond donors (Lipinski definition) is 1. The third-order valence-electron chi connectivity index (χ3n) is 3.43. The van der Waals surface area contributed by atoms with Gasteiger partial charge in [-0.2, -0.15) is 5.10 Å². The lowest BCUT2D eigenvalue weighted by atomic mass is 10.1. The molecule has 1 N–H and O–H groups in total. The first-order chi connectivity index (χ1) is 9.09. The van der Waals surface area contributed by atoms with E-state index in [0.717, 1.165) is 21.8 Å². The van der Waals surface area contributed by atoms with E-state index in [1.165, 1.54) is 11.3 Å². The van der Waals surface area contributed by atoms with Crippen LogP contribution in [0.5, 0.6) is 0 Å². The highest BCUT2D eigenvalue weighted by atomic mass is 32.1. The Morgan fingerprint density at radius 3 is 2.89 bits per heavy atom. The quantitative estimate of drug-likeness (QED) is 0.780. The Morgan fingerprint density at radius 2 is 2.21 bits per heavy atom. The lowest BCUT2D eigenvalue weighted by molar-refractivity contribution is 0.603. The second kappa shape index (κ2) is 4.31. The summed E-state index contributed by atoms with van der Waals surface area (Å²) in [4.78, 5) is 17.6. The summed E-state index contributed by atoms with van der Waals surface area (Å²) in [5.41, 5.74) is 2.96. The number of aromatic amines is 1. The summed E-state index contributed by atoms with van der Waals surface area (Å²) in [6, 6.07) is 1.75. The molecule has 3 aromatic heterocycles. The molecule has 19 heavy (non-hydrogen) atoms. The molecule has 3 aromatic rings. The third-order valence-corrected chi connectivity index (χ3v) is 4.25. The molecule has 3 rings (SSSR count). The normalized spacial score (nSPS) is 13.0. The maximum Gasteiger partial charge on any atom is 0.262 e. The Balaban J connectivity index is 2.19. The Kier molecular flexibility index (Phi) is 2.74. The summed E-state index contributed by atoms with van der Waals surface area (Å²) in [5.74, 6) is 0. The molecule has 0 spiro atoms. The van der Waals surface area contributed by atoms with Gasteiger partial charge in [-0.15, -0.1) is 11.3 Å². The number of hydrogen-bond acceptors (Lipinski definition) is 4. The van der Waals surface area contributed by atoms with Gasteiger partial charge >= 0.3 is 0 Å². The van der Waals surface area contributed by atoms with Crippen molar-refractivity contribution in [2.24, 2.45) is 0 Å². The average molecular weight is 274 g/mol. The van der Waals surface area contributed by atoms with Crippen LogP contribution in [0, 0.1) is 13.8 Å². The van der Waals surface area contributed by atoms with Crippen molar-refractivity contribution in [3.63, 3.8) is 0 Å². The predicted molar refractivity (Wildman–Crippen MR) is 75.8 cm³/mol. The fourth-order valence-corrected chi connectivity index (χ4v) is 3.18. The number of thiophene rings is 1. The Morgan fingerprint density at radius 1 is 1.42 bits per heavy atom. The van der Waals surface area contributed by atoms with Gasteiger partial charge in [0.1, 0.15) is 4.83 Å². The molecular weight excluding hydrogens is 260 g/mol. The average Bonchev–Trinajstić information content (AvgIpc) is 2.97. The van der Waals surface area contributed by atoms with Gasteiger partial charge in [-0.1, -0.05) is 0 Å². The number of nitrogens with zero attached hydrogens (tertiary/aromatic N) is 3. The van der Waals surface area contributed by atoms with Gasteiger partial charge in [0.25, 0.3) is 5.56 Å². The highest BCUT2D eigenvalue weighted by molar-refractivity contribution is 7.16. The molecule has 0 unspecified atom stereocenters. The van der Waals surface area contributed by atoms with Crippen LogP contribution in [0.15, 0.2) is 22.6 Å². The zero-order valence-electron chi connectivity index (χ0n) is 11.0. The van der Waals surface area contributed by atoms with Gasteiger partial charge in [-0.25, -0.2) is 4.98 Å². The molecule has 0 aliphatic carbocycles. The Hall–Kier alpha value is -1.95. The number of H-pyrrole nitrogens is 1. The van der Waals surface area contributed by atoms with Gasteiger partial charge < -0.3 is 0 Å². The van der Waals surface area contributed by atoms with Crippen molar-refractivity contribution in [1.29, 1.82) is 0 Å². The topological polar surface area (TPSA) is 63.6 Å². The predicted octanol–water partition coefficient (Wildman–Crippen LogP) is 2.41. The van der Waals surface area contributed by atoms with Crippen LogP contribution < -0.4 is 5.56 Å². The first-order valence-corrected chi connectivity index (χ1v) is 6.93. The second-order valence-corrected chi connectivity index (χ2v) is 5.51. The number of aryl methyl sites for hydroxylation is 2. The van der Waals surface area contributed by atoms with Gasteiger partial charge in [0.15, 0.2) is 0 Å². The molecule has 0 aliphatic rings. The van der Waals surface area contributed by atoms with Crippen molar-refractivity contribution >= 4 is 21.6 Å². The first-order valence-electron chi connectivity index (χ1n) is 6.05. The molecule has 0 aliphatic heterocycles. The van der Waals surface area contributed by atoms with Crippen LogP contribution in [0.2, 0.25) is 0 Å². The van der Waals surface area contributed by atoms with Gasteiger partial charge in [0.05, 0.1) is 23.4 Å². The summed E-state index contributed by atoms with van der Waals surface area (Å²) in [6.45, 7) is 5.90. The lowest BCUT2D eigenvalue weighted by Crippen LogP contribution is -2.24. The minimum atomic E-state index is -0.0805. The minimum absolute atomic E-state index is 0.00116. The summed E-state index contributed by atoms with van der Waals surface area (Å²) < 4.78 is 1.67. The number of fused-ring (bicyclic) bond motifs is 1. The van der Waals surface area contributed by atoms with Gasteiger partial charge in [0.2, 0.25) is 0 Å². The van der Waals surface area contributed by atoms with Crippen molar-refractivity contribution in [2.75, 3.05) is 0 Å². The largest absolute Gasteiger partial charge is 0.291 e. The summed E-state index contributed by atoms with van der Waals surface area (Å²) >= 11 is 1.48. The SMILES string of the molecule is Cc1n[nH]c(C)c1[C@@H](C)n1cnc2sccc2c1=O. The molecule has 0 saturated carbocycles. The van der Waals surface area contributed by atoms with E-state index in [1.807, 2.05) is 32.2 Å². The van der Waals surface area contributed by atoms with Crippen molar-refractivity contribution in [1.82, 2.24) is 19.7 Å². The van der Waals surface area contributed by atoms with Crippen LogP contribution in [0.4, 0.5) is 0 Å². The molecule has 5 nitrogen and oxygen atoms in total. The van der Waals surface area contributed by atoms with Crippen LogP contribution in [0.1, 0.15) is 29.9 Å². The van der Waals surface area contributed by atoms with E-state index in [9.17, 15) is 4.79 Å². The van der Waals surface area contributed by atoms with E-state index in [4.69, 9.17) is 0 Å². The van der Waals surface area contributed by atoms with Crippen molar-refractivity contribution < 1.29 is 0 Å². The maximum atomic E-state index is 12.4. The van der Waals surface area contributed by atoms with E-state index in [0.29, 0.717) is 5.39 Å². The number of nitrogens with one attached hydrogen (secondary N) is 1. The van der Waals surface area contributed by atoms with Gasteiger partial charge in [-0.05, 0) is 32.2 Å². The van der Waals surface area contributed by atoms with Crippen molar-refractivity contribution in [2.45, 2.75) is 26.8 Å². The molecular formula is C13H14N4OS. The smallest absolute Gasteiger partial charge is 0.262 e. The van der Waals surface area contributed by atoms with Crippen LogP contribution in [0.25, 0.3) is 10.2 Å². The minimum Gasteiger partial charge on any atom is -0.291 e. The molecule has 0 bridgehead atoms. The van der Waals surface area contributed by atoms with Crippen LogP contribution >= 0.6 is 11.3 Å².